The molecule has 1 aromatic rings. The number of benzene rings is 1. The summed E-state index contributed by atoms with van der Waals surface area (Å²) in [6.07, 6.45) is 0.274. The maximum absolute atomic E-state index is 11.6. The van der Waals surface area contributed by atoms with E-state index in [-0.39, 0.29) is 18.0 Å². The third-order valence-corrected chi connectivity index (χ3v) is 2.29. The molecule has 1 aliphatic carbocycles. The fourth-order valence-corrected chi connectivity index (χ4v) is 1.57. The van der Waals surface area contributed by atoms with Gasteiger partial charge in [0, 0.05) is 17.5 Å². The summed E-state index contributed by atoms with van der Waals surface area (Å²) in [5, 5.41) is 0. The summed E-state index contributed by atoms with van der Waals surface area (Å²) in [6.45, 7) is 1.72. The Morgan fingerprint density at radius 2 is 1.69 bits per heavy atom. The van der Waals surface area contributed by atoms with Crippen molar-refractivity contribution in [1.82, 2.24) is 0 Å². The Hall–Kier alpha value is -1.44. The highest BCUT2D eigenvalue weighted by atomic mass is 16.1. The number of rotatable bonds is 0. The van der Waals surface area contributed by atoms with Gasteiger partial charge in [0.15, 0.2) is 11.6 Å². The number of carbonyl (C=O) groups is 2. The van der Waals surface area contributed by atoms with E-state index in [0.717, 1.165) is 0 Å². The van der Waals surface area contributed by atoms with Crippen LogP contribution in [-0.4, -0.2) is 11.6 Å². The van der Waals surface area contributed by atoms with E-state index in [1.165, 1.54) is 0 Å². The maximum atomic E-state index is 11.6. The van der Waals surface area contributed by atoms with E-state index in [9.17, 15) is 9.59 Å². The van der Waals surface area contributed by atoms with Gasteiger partial charge < -0.3 is 0 Å². The van der Waals surface area contributed by atoms with Crippen LogP contribution in [0.25, 0.3) is 0 Å². The fourth-order valence-electron chi connectivity index (χ4n) is 1.57. The Kier molecular flexibility index (Phi) is 1.76. The molecule has 0 atom stereocenters. The molecule has 0 bridgehead atoms. The first-order chi connectivity index (χ1) is 6.20. The highest BCUT2D eigenvalue weighted by molar-refractivity contribution is 6.20. The largest absolute Gasteiger partial charge is 0.294 e. The highest BCUT2D eigenvalue weighted by Gasteiger charge is 2.29. The molecule has 0 saturated carbocycles. The Labute approximate surface area is 76.6 Å². The Morgan fingerprint density at radius 3 is 2.38 bits per heavy atom. The minimum Gasteiger partial charge on any atom is -0.294 e. The predicted molar refractivity (Wildman–Crippen MR) is 48.6 cm³/mol. The second-order valence-corrected chi connectivity index (χ2v) is 3.25. The molecule has 0 heterocycles. The maximum Gasteiger partial charge on any atom is 0.170 e. The van der Waals surface area contributed by atoms with Crippen molar-refractivity contribution in [3.05, 3.63) is 41.3 Å². The molecule has 0 aromatic heterocycles. The lowest BCUT2D eigenvalue weighted by molar-refractivity contribution is 0.0912. The van der Waals surface area contributed by atoms with Crippen molar-refractivity contribution < 1.29 is 9.59 Å². The van der Waals surface area contributed by atoms with Gasteiger partial charge in [-0.05, 0) is 0 Å². The van der Waals surface area contributed by atoms with Crippen LogP contribution in [0.3, 0.4) is 0 Å². The molecule has 13 heavy (non-hydrogen) atoms. The molecule has 2 nitrogen and oxygen atoms in total. The Morgan fingerprint density at radius 1 is 1.08 bits per heavy atom. The SMILES string of the molecule is C[C]1CC(=O)c2ccccc2C1=O. The lowest BCUT2D eigenvalue weighted by atomic mass is 9.83. The molecule has 0 amide bonds. The third kappa shape index (κ3) is 1.18. The van der Waals surface area contributed by atoms with Crippen molar-refractivity contribution in [3.8, 4) is 0 Å². The van der Waals surface area contributed by atoms with E-state index >= 15 is 0 Å². The molecule has 0 spiro atoms. The van der Waals surface area contributed by atoms with E-state index in [4.69, 9.17) is 0 Å². The summed E-state index contributed by atoms with van der Waals surface area (Å²) in [7, 11) is 0. The van der Waals surface area contributed by atoms with Crippen molar-refractivity contribution in [2.75, 3.05) is 0 Å². The van der Waals surface area contributed by atoms with Crippen LogP contribution in [0, 0.1) is 5.92 Å². The number of ketones is 2. The normalized spacial score (nSPS) is 17.3. The average molecular weight is 173 g/mol. The lowest BCUT2D eigenvalue weighted by Crippen LogP contribution is -2.23. The monoisotopic (exact) mass is 173 g/mol. The molecule has 0 saturated heterocycles. The van der Waals surface area contributed by atoms with Gasteiger partial charge in [-0.2, -0.15) is 0 Å². The molecule has 2 heteroatoms. The van der Waals surface area contributed by atoms with Crippen LogP contribution >= 0.6 is 0 Å². The second-order valence-electron chi connectivity index (χ2n) is 3.25. The van der Waals surface area contributed by atoms with Gasteiger partial charge >= 0.3 is 0 Å². The molecule has 65 valence electrons. The molecular weight excluding hydrogens is 164 g/mol. The molecule has 2 rings (SSSR count). The second kappa shape index (κ2) is 2.80. The zero-order valence-corrected chi connectivity index (χ0v) is 7.33. The topological polar surface area (TPSA) is 34.1 Å². The van der Waals surface area contributed by atoms with Crippen molar-refractivity contribution in [1.29, 1.82) is 0 Å². The lowest BCUT2D eigenvalue weighted by Gasteiger charge is -2.17. The van der Waals surface area contributed by atoms with E-state index in [2.05, 4.69) is 0 Å². The molecule has 0 N–H and O–H groups in total. The van der Waals surface area contributed by atoms with Crippen molar-refractivity contribution in [2.24, 2.45) is 0 Å². The van der Waals surface area contributed by atoms with Gasteiger partial charge in [-0.3, -0.25) is 9.59 Å². The van der Waals surface area contributed by atoms with Crippen molar-refractivity contribution in [3.63, 3.8) is 0 Å². The minimum atomic E-state index is 0.00944. The van der Waals surface area contributed by atoms with Crippen LogP contribution in [0.5, 0.6) is 0 Å². The first kappa shape index (κ1) is 8.17. The number of carbonyl (C=O) groups excluding carboxylic acids is 2. The standard InChI is InChI=1S/C11H9O2/c1-7-6-10(12)8-4-2-3-5-9(8)11(7)13/h2-5H,6H2,1H3. The highest BCUT2D eigenvalue weighted by Crippen LogP contribution is 2.25. The molecule has 1 aromatic carbocycles. The van der Waals surface area contributed by atoms with E-state index in [1.807, 2.05) is 0 Å². The molecule has 0 unspecified atom stereocenters. The summed E-state index contributed by atoms with van der Waals surface area (Å²) in [4.78, 5) is 23.0. The Bertz CT molecular complexity index is 379. The number of hydrogen-bond acceptors (Lipinski definition) is 2. The van der Waals surface area contributed by atoms with Gasteiger partial charge in [-0.1, -0.05) is 31.2 Å². The van der Waals surface area contributed by atoms with E-state index in [0.29, 0.717) is 17.0 Å². The number of fused-ring (bicyclic) bond motifs is 1. The smallest absolute Gasteiger partial charge is 0.170 e. The first-order valence-electron chi connectivity index (χ1n) is 4.19. The third-order valence-electron chi connectivity index (χ3n) is 2.29. The minimum absolute atomic E-state index is 0.00944. The number of Topliss-reactive ketones (excluding diaryl/α,β-unsaturated/α-hetero) is 2. The zero-order chi connectivity index (χ0) is 9.42. The quantitative estimate of drug-likeness (QED) is 0.601. The average Bonchev–Trinajstić information content (AvgIpc) is 2.15. The number of hydrogen-bond donors (Lipinski definition) is 0. The molecular formula is C11H9O2. The predicted octanol–water partition coefficient (Wildman–Crippen LogP) is 2.05. The van der Waals surface area contributed by atoms with Crippen LogP contribution in [0.1, 0.15) is 34.1 Å². The van der Waals surface area contributed by atoms with Crippen LogP contribution in [0.15, 0.2) is 24.3 Å². The van der Waals surface area contributed by atoms with Gasteiger partial charge in [-0.15, -0.1) is 0 Å². The fraction of sp³-hybridized carbons (Fsp3) is 0.182. The van der Waals surface area contributed by atoms with Gasteiger partial charge in [-0.25, -0.2) is 0 Å². The molecule has 0 fully saturated rings. The van der Waals surface area contributed by atoms with Crippen LogP contribution in [-0.2, 0) is 0 Å². The molecule has 0 aliphatic heterocycles. The van der Waals surface area contributed by atoms with Crippen LogP contribution < -0.4 is 0 Å². The van der Waals surface area contributed by atoms with Crippen LogP contribution in [0.2, 0.25) is 0 Å². The van der Waals surface area contributed by atoms with Gasteiger partial charge in [0.1, 0.15) is 0 Å². The van der Waals surface area contributed by atoms with Crippen molar-refractivity contribution >= 4 is 11.6 Å². The van der Waals surface area contributed by atoms with Crippen LogP contribution in [0.4, 0.5) is 0 Å². The first-order valence-corrected chi connectivity index (χ1v) is 4.19. The zero-order valence-electron chi connectivity index (χ0n) is 7.33. The van der Waals surface area contributed by atoms with E-state index in [1.54, 1.807) is 31.2 Å². The molecule has 1 aliphatic rings. The summed E-state index contributed by atoms with van der Waals surface area (Å²) in [5.41, 5.74) is 1.12. The van der Waals surface area contributed by atoms with Gasteiger partial charge in [0.2, 0.25) is 0 Å². The summed E-state index contributed by atoms with van der Waals surface area (Å²) in [6, 6.07) is 6.98. The summed E-state index contributed by atoms with van der Waals surface area (Å²) in [5.74, 6) is 0.701. The van der Waals surface area contributed by atoms with Gasteiger partial charge in [0.05, 0.1) is 5.92 Å². The van der Waals surface area contributed by atoms with E-state index < -0.39 is 0 Å². The summed E-state index contributed by atoms with van der Waals surface area (Å²) >= 11 is 0. The Balaban J connectivity index is 2.60. The summed E-state index contributed by atoms with van der Waals surface area (Å²) < 4.78 is 0. The van der Waals surface area contributed by atoms with Crippen molar-refractivity contribution in [2.45, 2.75) is 13.3 Å². The van der Waals surface area contributed by atoms with Gasteiger partial charge in [0.25, 0.3) is 0 Å². The molecule has 1 radical (unpaired) electrons.